The van der Waals surface area contributed by atoms with Gasteiger partial charge in [-0.05, 0) is 25.5 Å². The average molecular weight is 421 g/mol. The zero-order valence-corrected chi connectivity index (χ0v) is 17.3. The summed E-state index contributed by atoms with van der Waals surface area (Å²) in [4.78, 5) is 24.7. The Hall–Kier alpha value is -3.74. The number of esters is 1. The molecule has 2 aromatic carbocycles. The molecule has 2 aliphatic rings. The number of para-hydroxylation sites is 1. The van der Waals surface area contributed by atoms with Crippen LogP contribution in [-0.4, -0.2) is 25.3 Å². The number of dihydropyridines is 1. The monoisotopic (exact) mass is 421 g/mol. The zero-order chi connectivity index (χ0) is 21.8. The van der Waals surface area contributed by atoms with E-state index in [0.29, 0.717) is 34.9 Å². The Kier molecular flexibility index (Phi) is 5.93. The van der Waals surface area contributed by atoms with Crippen LogP contribution in [0.15, 0.2) is 77.3 Å². The van der Waals surface area contributed by atoms with E-state index in [9.17, 15) is 9.59 Å². The normalized spacial score (nSPS) is 17.6. The molecule has 2 heterocycles. The molecule has 7 nitrogen and oxygen atoms in total. The molecule has 2 aromatic rings. The van der Waals surface area contributed by atoms with Gasteiger partial charge in [0.2, 0.25) is 0 Å². The maximum atomic E-state index is 12.6. The van der Waals surface area contributed by atoms with E-state index in [2.05, 4.69) is 5.32 Å². The minimum Gasteiger partial charge on any atom is -0.489 e. The second-order valence-electron chi connectivity index (χ2n) is 7.11. The zero-order valence-electron chi connectivity index (χ0n) is 17.3. The fourth-order valence-corrected chi connectivity index (χ4v) is 3.70. The Morgan fingerprint density at radius 2 is 1.87 bits per heavy atom. The van der Waals surface area contributed by atoms with Gasteiger partial charge in [0.05, 0.1) is 29.5 Å². The molecule has 2 aliphatic heterocycles. The van der Waals surface area contributed by atoms with Crippen LogP contribution < -0.4 is 10.1 Å². The number of hydrogen-bond donors (Lipinski definition) is 1. The first-order valence-electron chi connectivity index (χ1n) is 10.1. The Balaban J connectivity index is 1.72. The molecule has 0 amide bonds. The van der Waals surface area contributed by atoms with Crippen LogP contribution in [-0.2, 0) is 25.6 Å². The standard InChI is InChI=1S/C24H23NO6/c1-3-28-24(27)31-22-15(2)25-18-14-30-23(26)21(18)20(22)17-11-7-8-12-19(17)29-13-16-9-5-4-6-10-16/h4-12,20,25H,3,13-14H2,1-2H3. The molecule has 0 saturated heterocycles. The fraction of sp³-hybridized carbons (Fsp3) is 0.250. The van der Waals surface area contributed by atoms with Crippen LogP contribution in [0.3, 0.4) is 0 Å². The minimum absolute atomic E-state index is 0.141. The van der Waals surface area contributed by atoms with Crippen molar-refractivity contribution in [2.45, 2.75) is 26.4 Å². The van der Waals surface area contributed by atoms with Gasteiger partial charge in [0, 0.05) is 5.56 Å². The van der Waals surface area contributed by atoms with Crippen LogP contribution in [0.4, 0.5) is 4.79 Å². The first-order chi connectivity index (χ1) is 15.1. The van der Waals surface area contributed by atoms with Crippen molar-refractivity contribution < 1.29 is 28.5 Å². The molecule has 7 heteroatoms. The fourth-order valence-electron chi connectivity index (χ4n) is 3.70. The molecule has 1 unspecified atom stereocenters. The molecular formula is C24H23NO6. The molecule has 0 saturated carbocycles. The molecule has 0 fully saturated rings. The highest BCUT2D eigenvalue weighted by atomic mass is 16.7. The third-order valence-corrected chi connectivity index (χ3v) is 5.07. The van der Waals surface area contributed by atoms with Crippen molar-refractivity contribution in [3.63, 3.8) is 0 Å². The predicted octanol–water partition coefficient (Wildman–Crippen LogP) is 4.17. The Morgan fingerprint density at radius 3 is 2.65 bits per heavy atom. The number of carbonyl (C=O) groups is 2. The third-order valence-electron chi connectivity index (χ3n) is 5.07. The lowest BCUT2D eigenvalue weighted by atomic mass is 9.85. The SMILES string of the molecule is CCOC(=O)OC1=C(C)NC2=C(C(=O)OC2)C1c1ccccc1OCc1ccccc1. The van der Waals surface area contributed by atoms with Gasteiger partial charge < -0.3 is 24.3 Å². The van der Waals surface area contributed by atoms with E-state index in [1.54, 1.807) is 13.8 Å². The van der Waals surface area contributed by atoms with Gasteiger partial charge in [-0.3, -0.25) is 0 Å². The maximum absolute atomic E-state index is 12.6. The molecule has 1 N–H and O–H groups in total. The van der Waals surface area contributed by atoms with Gasteiger partial charge in [-0.2, -0.15) is 0 Å². The number of cyclic esters (lactones) is 1. The molecule has 0 aliphatic carbocycles. The van der Waals surface area contributed by atoms with Gasteiger partial charge in [0.15, 0.2) is 0 Å². The lowest BCUT2D eigenvalue weighted by molar-refractivity contribution is -0.136. The van der Waals surface area contributed by atoms with Gasteiger partial charge in [-0.1, -0.05) is 48.5 Å². The summed E-state index contributed by atoms with van der Waals surface area (Å²) in [5.41, 5.74) is 3.37. The van der Waals surface area contributed by atoms with Crippen molar-refractivity contribution >= 4 is 12.1 Å². The van der Waals surface area contributed by atoms with Crippen molar-refractivity contribution in [1.29, 1.82) is 0 Å². The minimum atomic E-state index is -0.832. The number of carbonyl (C=O) groups excluding carboxylic acids is 2. The summed E-state index contributed by atoms with van der Waals surface area (Å²) in [5, 5.41) is 3.12. The first kappa shape index (κ1) is 20.5. The Morgan fingerprint density at radius 1 is 1.13 bits per heavy atom. The summed E-state index contributed by atoms with van der Waals surface area (Å²) < 4.78 is 21.9. The van der Waals surface area contributed by atoms with E-state index in [4.69, 9.17) is 18.9 Å². The topological polar surface area (TPSA) is 83.1 Å². The number of ether oxygens (including phenoxy) is 4. The summed E-state index contributed by atoms with van der Waals surface area (Å²) in [7, 11) is 0. The summed E-state index contributed by atoms with van der Waals surface area (Å²) in [5.74, 6) is -0.250. The second-order valence-corrected chi connectivity index (χ2v) is 7.11. The smallest absolute Gasteiger partial charge is 0.489 e. The van der Waals surface area contributed by atoms with Crippen LogP contribution >= 0.6 is 0 Å². The largest absolute Gasteiger partial charge is 0.513 e. The van der Waals surface area contributed by atoms with E-state index in [1.165, 1.54) is 0 Å². The van der Waals surface area contributed by atoms with E-state index in [1.807, 2.05) is 54.6 Å². The number of hydrogen-bond acceptors (Lipinski definition) is 7. The van der Waals surface area contributed by atoms with E-state index in [-0.39, 0.29) is 19.0 Å². The summed E-state index contributed by atoms with van der Waals surface area (Å²) >= 11 is 0. The molecule has 31 heavy (non-hydrogen) atoms. The quantitative estimate of drug-likeness (QED) is 0.701. The molecule has 0 bridgehead atoms. The van der Waals surface area contributed by atoms with E-state index >= 15 is 0 Å². The lowest BCUT2D eigenvalue weighted by Crippen LogP contribution is -2.28. The second kappa shape index (κ2) is 8.95. The van der Waals surface area contributed by atoms with Crippen molar-refractivity contribution in [3.8, 4) is 5.75 Å². The lowest BCUT2D eigenvalue weighted by Gasteiger charge is -2.28. The van der Waals surface area contributed by atoms with Crippen molar-refractivity contribution in [3.05, 3.63) is 88.5 Å². The van der Waals surface area contributed by atoms with Gasteiger partial charge in [-0.25, -0.2) is 9.59 Å². The number of nitrogens with one attached hydrogen (secondary N) is 1. The van der Waals surface area contributed by atoms with Crippen LogP contribution in [0.2, 0.25) is 0 Å². The van der Waals surface area contributed by atoms with E-state index in [0.717, 1.165) is 5.56 Å². The van der Waals surface area contributed by atoms with Crippen LogP contribution in [0, 0.1) is 0 Å². The highest BCUT2D eigenvalue weighted by Gasteiger charge is 2.42. The van der Waals surface area contributed by atoms with Gasteiger partial charge in [0.1, 0.15) is 24.7 Å². The molecule has 160 valence electrons. The van der Waals surface area contributed by atoms with Crippen LogP contribution in [0.25, 0.3) is 0 Å². The van der Waals surface area contributed by atoms with Crippen molar-refractivity contribution in [2.75, 3.05) is 13.2 Å². The molecular weight excluding hydrogens is 398 g/mol. The first-order valence-corrected chi connectivity index (χ1v) is 10.1. The van der Waals surface area contributed by atoms with Gasteiger partial charge in [-0.15, -0.1) is 0 Å². The summed E-state index contributed by atoms with van der Waals surface area (Å²) in [6.07, 6.45) is -0.832. The van der Waals surface area contributed by atoms with Gasteiger partial charge in [0.25, 0.3) is 0 Å². The average Bonchev–Trinajstić information content (AvgIpc) is 3.14. The Labute approximate surface area is 180 Å². The Bertz CT molecular complexity index is 1060. The summed E-state index contributed by atoms with van der Waals surface area (Å²) in [6, 6.07) is 17.2. The highest BCUT2D eigenvalue weighted by Crippen LogP contribution is 2.44. The number of rotatable bonds is 6. The van der Waals surface area contributed by atoms with Crippen LogP contribution in [0.1, 0.15) is 30.9 Å². The van der Waals surface area contributed by atoms with Crippen molar-refractivity contribution in [1.82, 2.24) is 5.32 Å². The molecule has 4 rings (SSSR count). The van der Waals surface area contributed by atoms with Crippen LogP contribution in [0.5, 0.6) is 5.75 Å². The third kappa shape index (κ3) is 4.26. The highest BCUT2D eigenvalue weighted by molar-refractivity contribution is 5.95. The van der Waals surface area contributed by atoms with Crippen molar-refractivity contribution in [2.24, 2.45) is 0 Å². The maximum Gasteiger partial charge on any atom is 0.513 e. The molecule has 0 aromatic heterocycles. The molecule has 0 spiro atoms. The molecule has 0 radical (unpaired) electrons. The van der Waals surface area contributed by atoms with Gasteiger partial charge >= 0.3 is 12.1 Å². The molecule has 1 atom stereocenters. The number of allylic oxidation sites excluding steroid dienone is 2. The predicted molar refractivity (Wildman–Crippen MR) is 112 cm³/mol. The van der Waals surface area contributed by atoms with E-state index < -0.39 is 18.0 Å². The summed E-state index contributed by atoms with van der Waals surface area (Å²) in [6.45, 7) is 4.15. The number of benzene rings is 2.